The van der Waals surface area contributed by atoms with E-state index in [0.29, 0.717) is 52.6 Å². The van der Waals surface area contributed by atoms with Crippen molar-refractivity contribution in [2.24, 2.45) is 0 Å². The predicted molar refractivity (Wildman–Crippen MR) is 272 cm³/mol. The fourth-order valence-electron chi connectivity index (χ4n) is 8.69. The molecule has 4 heterocycles. The summed E-state index contributed by atoms with van der Waals surface area (Å²) in [5.74, 6) is 0.0579. The number of hydrogen-bond donors (Lipinski definition) is 6. The van der Waals surface area contributed by atoms with Crippen molar-refractivity contribution >= 4 is 69.9 Å². The minimum absolute atomic E-state index is 0.0385. The standard InChI is InChI=1S/C50H60ClFN10O6S2/c1-30-41(69-29-56-30)34-12-10-31(11-13-34)24-54-44(64)39-23-36(63)27-62(39)46(66)42(58-47(67)50(52)16-17-50)49(2,3)70-28-33-8-6-32(7-9-33)26-60-18-20-61(21-19-60)45(65)35-14-15-38(40(22-35)68-5)57-48-55-25-37(51)43(53-4)59-48/h6-15,22,25,29,36,39,42,45,63,65H,16-21,23-24,26-28H2,1-5H3,(H,54,64)(H,58,67)(H2,53,55,57,59)/t36-,39?,42-,45?/m1/s1. The predicted octanol–water partition coefficient (Wildman–Crippen LogP) is 6.44. The second-order valence-corrected chi connectivity index (χ2v) is 21.5. The van der Waals surface area contributed by atoms with Crippen LogP contribution in [0.15, 0.2) is 78.4 Å². The van der Waals surface area contributed by atoms with Crippen molar-refractivity contribution in [3.63, 3.8) is 0 Å². The number of benzene rings is 3. The van der Waals surface area contributed by atoms with Crippen molar-refractivity contribution in [3.8, 4) is 16.2 Å². The molecule has 70 heavy (non-hydrogen) atoms. The Labute approximate surface area is 420 Å². The molecular weight excluding hydrogens is 955 g/mol. The van der Waals surface area contributed by atoms with E-state index in [1.54, 1.807) is 37.1 Å². The average molecular weight is 1020 g/mol. The van der Waals surface area contributed by atoms with Gasteiger partial charge in [0.2, 0.25) is 17.8 Å². The Morgan fingerprint density at radius 1 is 1.01 bits per heavy atom. The molecule has 4 atom stereocenters. The number of ether oxygens (including phenoxy) is 1. The number of methoxy groups -OCH3 is 1. The molecule has 20 heteroatoms. The molecule has 0 spiro atoms. The van der Waals surface area contributed by atoms with Crippen LogP contribution in [0.4, 0.5) is 21.8 Å². The number of rotatable bonds is 19. The van der Waals surface area contributed by atoms with Crippen molar-refractivity contribution < 1.29 is 33.7 Å². The second-order valence-electron chi connectivity index (χ2n) is 18.6. The first-order valence-corrected chi connectivity index (χ1v) is 25.6. The van der Waals surface area contributed by atoms with Crippen LogP contribution in [0.3, 0.4) is 0 Å². The lowest BCUT2D eigenvalue weighted by Gasteiger charge is -2.37. The Bertz CT molecular complexity index is 2650. The number of amides is 3. The van der Waals surface area contributed by atoms with Crippen molar-refractivity contribution in [3.05, 3.63) is 111 Å². The van der Waals surface area contributed by atoms with Crippen molar-refractivity contribution in [2.45, 2.75) is 93.7 Å². The molecule has 2 saturated heterocycles. The average Bonchev–Trinajstić information content (AvgIpc) is 3.77. The molecule has 16 nitrogen and oxygen atoms in total. The minimum atomic E-state index is -2.02. The first-order valence-electron chi connectivity index (χ1n) is 23.3. The van der Waals surface area contributed by atoms with Gasteiger partial charge in [0.1, 0.15) is 34.9 Å². The SMILES string of the molecule is CNc1nc(Nc2ccc(C(O)N3CCN(Cc4ccc(CSC(C)(C)[C@H](NC(=O)C5(F)CC5)C(=O)N5C[C@H](O)CC5C(=O)NCc5ccc(-c6scnc6C)cc5)cc4)CC3)cc2OC)ncc1Cl. The quantitative estimate of drug-likeness (QED) is 0.0529. The van der Waals surface area contributed by atoms with Gasteiger partial charge in [-0.25, -0.2) is 14.4 Å². The lowest BCUT2D eigenvalue weighted by atomic mass is 10.00. The van der Waals surface area contributed by atoms with Gasteiger partial charge in [-0.3, -0.25) is 24.2 Å². The zero-order valence-electron chi connectivity index (χ0n) is 39.9. The Balaban J connectivity index is 0.843. The number of aryl methyl sites for hydroxylation is 1. The van der Waals surface area contributed by atoms with Crippen LogP contribution < -0.4 is 26.0 Å². The molecule has 0 radical (unpaired) electrons. The van der Waals surface area contributed by atoms with E-state index in [-0.39, 0.29) is 32.4 Å². The monoisotopic (exact) mass is 1010 g/mol. The molecule has 8 rings (SSSR count). The van der Waals surface area contributed by atoms with E-state index < -0.39 is 52.6 Å². The van der Waals surface area contributed by atoms with Gasteiger partial charge >= 0.3 is 0 Å². The topological polar surface area (TPSA) is 197 Å². The third-order valence-electron chi connectivity index (χ3n) is 13.2. The number of likely N-dealkylation sites (tertiary alicyclic amines) is 1. The number of carbonyl (C=O) groups excluding carboxylic acids is 3. The van der Waals surface area contributed by atoms with E-state index in [9.17, 15) is 24.6 Å². The highest BCUT2D eigenvalue weighted by atomic mass is 35.5. The van der Waals surface area contributed by atoms with E-state index in [1.807, 2.05) is 74.2 Å². The molecule has 1 saturated carbocycles. The van der Waals surface area contributed by atoms with Gasteiger partial charge in [-0.1, -0.05) is 66.2 Å². The molecule has 2 aromatic heterocycles. The summed E-state index contributed by atoms with van der Waals surface area (Å²) in [5.41, 5.74) is 6.09. The first-order chi connectivity index (χ1) is 33.5. The van der Waals surface area contributed by atoms with Crippen LogP contribution in [0.1, 0.15) is 67.3 Å². The number of thioether (sulfide) groups is 1. The molecular formula is C50H60ClFN10O6S2. The summed E-state index contributed by atoms with van der Waals surface area (Å²) in [6.45, 7) is 9.30. The van der Waals surface area contributed by atoms with Crippen LogP contribution in [-0.4, -0.2) is 133 Å². The third kappa shape index (κ3) is 12.0. The van der Waals surface area contributed by atoms with Gasteiger partial charge < -0.3 is 41.1 Å². The minimum Gasteiger partial charge on any atom is -0.495 e. The third-order valence-corrected chi connectivity index (χ3v) is 15.9. The number of β-amino-alcohol motifs (C(OH)–C–C–N with tert-alkyl or cyclic N) is 1. The van der Waals surface area contributed by atoms with Crippen LogP contribution in [0, 0.1) is 6.92 Å². The summed E-state index contributed by atoms with van der Waals surface area (Å²) in [4.78, 5) is 61.2. The number of aliphatic hydroxyl groups excluding tert-OH is 2. The number of anilines is 3. The summed E-state index contributed by atoms with van der Waals surface area (Å²) >= 11 is 9.15. The van der Waals surface area contributed by atoms with Gasteiger partial charge in [0.25, 0.3) is 5.91 Å². The molecule has 0 bridgehead atoms. The largest absolute Gasteiger partial charge is 0.495 e. The zero-order chi connectivity index (χ0) is 49.7. The molecule has 6 N–H and O–H groups in total. The number of alkyl halides is 1. The Morgan fingerprint density at radius 2 is 1.71 bits per heavy atom. The van der Waals surface area contributed by atoms with E-state index in [2.05, 4.69) is 53.3 Å². The molecule has 3 aromatic carbocycles. The van der Waals surface area contributed by atoms with Crippen molar-refractivity contribution in [2.75, 3.05) is 57.5 Å². The maximum atomic E-state index is 15.2. The maximum absolute atomic E-state index is 15.2. The van der Waals surface area contributed by atoms with Crippen LogP contribution in [0.25, 0.3) is 10.4 Å². The molecule has 1 aliphatic carbocycles. The molecule has 3 aliphatic rings. The van der Waals surface area contributed by atoms with Gasteiger partial charge in [-0.2, -0.15) is 4.98 Å². The van der Waals surface area contributed by atoms with Crippen molar-refractivity contribution in [1.82, 2.24) is 40.3 Å². The zero-order valence-corrected chi connectivity index (χ0v) is 42.3. The van der Waals surface area contributed by atoms with E-state index in [4.69, 9.17) is 16.3 Å². The lowest BCUT2D eigenvalue weighted by Crippen LogP contribution is -2.61. The number of hydrogen-bond acceptors (Lipinski definition) is 15. The van der Waals surface area contributed by atoms with Gasteiger partial charge in [0.05, 0.1) is 41.2 Å². The van der Waals surface area contributed by atoms with Crippen molar-refractivity contribution in [1.29, 1.82) is 0 Å². The molecule has 3 amide bonds. The van der Waals surface area contributed by atoms with E-state index in [0.717, 1.165) is 52.5 Å². The Kier molecular flexibility index (Phi) is 16.0. The van der Waals surface area contributed by atoms with Gasteiger partial charge in [-0.05, 0) is 73.6 Å². The highest BCUT2D eigenvalue weighted by Gasteiger charge is 2.54. The summed E-state index contributed by atoms with van der Waals surface area (Å²) < 4.78 is 19.9. The van der Waals surface area contributed by atoms with E-state index >= 15 is 4.39 Å². The number of nitrogens with one attached hydrogen (secondary N) is 4. The van der Waals surface area contributed by atoms with Crippen LogP contribution in [0.5, 0.6) is 5.75 Å². The van der Waals surface area contributed by atoms with Crippen LogP contribution in [-0.2, 0) is 33.2 Å². The number of thiazole rings is 1. The highest BCUT2D eigenvalue weighted by molar-refractivity contribution is 7.99. The smallest absolute Gasteiger partial charge is 0.258 e. The number of aromatic nitrogens is 3. The Hall–Kier alpha value is -5.41. The molecule has 2 aliphatic heterocycles. The fraction of sp³-hybridized carbons (Fsp3) is 0.440. The molecule has 372 valence electrons. The second kappa shape index (κ2) is 21.9. The Morgan fingerprint density at radius 3 is 2.37 bits per heavy atom. The van der Waals surface area contributed by atoms with Gasteiger partial charge in [0, 0.05) is 69.8 Å². The highest BCUT2D eigenvalue weighted by Crippen LogP contribution is 2.41. The van der Waals surface area contributed by atoms with Gasteiger partial charge in [0.15, 0.2) is 5.67 Å². The summed E-state index contributed by atoms with van der Waals surface area (Å²) in [5, 5.41) is 34.3. The van der Waals surface area contributed by atoms with Crippen LogP contribution in [0.2, 0.25) is 5.02 Å². The number of nitrogens with zero attached hydrogens (tertiary/aromatic N) is 6. The number of piperazine rings is 1. The normalized spacial score (nSPS) is 19.0. The molecule has 5 aromatic rings. The number of carbonyl (C=O) groups is 3. The molecule has 2 unspecified atom stereocenters. The first kappa shape index (κ1) is 51.0. The number of halogens is 2. The summed E-state index contributed by atoms with van der Waals surface area (Å²) in [7, 11) is 3.29. The molecule has 3 fully saturated rings. The summed E-state index contributed by atoms with van der Waals surface area (Å²) in [6, 6.07) is 19.4. The van der Waals surface area contributed by atoms with Crippen LogP contribution >= 0.6 is 34.7 Å². The van der Waals surface area contributed by atoms with Gasteiger partial charge in [-0.15, -0.1) is 23.1 Å². The summed E-state index contributed by atoms with van der Waals surface area (Å²) in [6.07, 6.45) is -0.0582. The van der Waals surface area contributed by atoms with E-state index in [1.165, 1.54) is 22.9 Å². The number of aliphatic hydroxyl groups is 2. The maximum Gasteiger partial charge on any atom is 0.258 e. The fourth-order valence-corrected chi connectivity index (χ4v) is 10.7. The lowest BCUT2D eigenvalue weighted by molar-refractivity contribution is -0.143.